The van der Waals surface area contributed by atoms with Crippen LogP contribution in [0.3, 0.4) is 0 Å². The molecule has 0 fully saturated rings. The van der Waals surface area contributed by atoms with Crippen LogP contribution in [0, 0.1) is 0 Å². The third-order valence-corrected chi connectivity index (χ3v) is 5.65. The Kier molecular flexibility index (Phi) is 7.56. The number of hydrogen-bond acceptors (Lipinski definition) is 5. The molecule has 3 N–H and O–H groups in total. The van der Waals surface area contributed by atoms with E-state index in [1.807, 2.05) is 6.26 Å². The minimum absolute atomic E-state index is 0.0671. The van der Waals surface area contributed by atoms with E-state index in [0.717, 1.165) is 16.2 Å². The summed E-state index contributed by atoms with van der Waals surface area (Å²) in [6, 6.07) is 14.5. The average Bonchev–Trinajstić information content (AvgIpc) is 3.14. The minimum atomic E-state index is -1.11. The average molecular weight is 498 g/mol. The zero-order chi connectivity index (χ0) is 22.5. The molecule has 160 valence electrons. The Labute approximate surface area is 196 Å². The number of nitrogens with zero attached hydrogens (tertiary/aromatic N) is 1. The summed E-state index contributed by atoms with van der Waals surface area (Å²) in [7, 11) is 0. The van der Waals surface area contributed by atoms with Gasteiger partial charge in [-0.15, -0.1) is 0 Å². The highest BCUT2D eigenvalue weighted by Gasteiger charge is 2.12. The topological polar surface area (TPSA) is 95.4 Å². The fourth-order valence-electron chi connectivity index (χ4n) is 2.50. The second-order valence-electron chi connectivity index (χ2n) is 6.02. The number of para-hydroxylation sites is 1. The number of aromatic hydroxyl groups is 1. The second kappa shape index (κ2) is 10.2. The molecule has 0 aliphatic rings. The first-order valence-electron chi connectivity index (χ1n) is 8.66. The largest absolute Gasteiger partial charge is 0.507 e. The van der Waals surface area contributed by atoms with E-state index in [4.69, 9.17) is 49.8 Å². The molecule has 0 amide bonds. The van der Waals surface area contributed by atoms with Gasteiger partial charge in [-0.1, -0.05) is 64.8 Å². The van der Waals surface area contributed by atoms with E-state index in [0.29, 0.717) is 26.6 Å². The van der Waals surface area contributed by atoms with Crippen molar-refractivity contribution in [1.29, 1.82) is 0 Å². The number of carbonyl (C=O) groups is 1. The van der Waals surface area contributed by atoms with Crippen LogP contribution in [0.25, 0.3) is 11.0 Å². The SMILES string of the molecule is CSc1nc2cc(Oc3cccc(Cl)c3Cl)c(Cl)cc2[nH]1.O=C(O)c1ccccc1O. The van der Waals surface area contributed by atoms with Crippen molar-refractivity contribution in [3.63, 3.8) is 0 Å². The maximum Gasteiger partial charge on any atom is 0.339 e. The monoisotopic (exact) mass is 496 g/mol. The van der Waals surface area contributed by atoms with Gasteiger partial charge in [-0.05, 0) is 36.6 Å². The zero-order valence-electron chi connectivity index (χ0n) is 15.9. The molecule has 0 saturated heterocycles. The van der Waals surface area contributed by atoms with Gasteiger partial charge in [0.25, 0.3) is 0 Å². The molecule has 31 heavy (non-hydrogen) atoms. The number of halogens is 3. The van der Waals surface area contributed by atoms with Crippen molar-refractivity contribution in [2.75, 3.05) is 6.26 Å². The molecular weight excluding hydrogens is 483 g/mol. The van der Waals surface area contributed by atoms with E-state index in [-0.39, 0.29) is 11.3 Å². The Morgan fingerprint density at radius 2 is 1.77 bits per heavy atom. The standard InChI is InChI=1S/C14H9Cl3N2OS.C7H6O3/c1-21-14-18-9-5-8(16)12(6-10(9)19-14)20-11-4-2-3-7(15)13(11)17;8-6-4-2-1-3-5(6)7(9)10/h2-6H,1H3,(H,18,19);1-4,8H,(H,9,10). The Hall–Kier alpha value is -2.58. The summed E-state index contributed by atoms with van der Waals surface area (Å²) in [6.07, 6.45) is 1.95. The molecule has 0 bridgehead atoms. The quantitative estimate of drug-likeness (QED) is 0.260. The van der Waals surface area contributed by atoms with E-state index >= 15 is 0 Å². The molecule has 0 atom stereocenters. The van der Waals surface area contributed by atoms with Crippen LogP contribution >= 0.6 is 46.6 Å². The number of phenols is 1. The predicted octanol–water partition coefficient (Wildman–Crippen LogP) is 7.13. The number of hydrogen-bond donors (Lipinski definition) is 3. The van der Waals surface area contributed by atoms with Crippen LogP contribution in [0.2, 0.25) is 15.1 Å². The highest BCUT2D eigenvalue weighted by molar-refractivity contribution is 7.98. The van der Waals surface area contributed by atoms with Crippen LogP contribution in [-0.2, 0) is 0 Å². The van der Waals surface area contributed by atoms with E-state index < -0.39 is 5.97 Å². The van der Waals surface area contributed by atoms with Crippen molar-refractivity contribution in [3.8, 4) is 17.2 Å². The molecule has 1 aromatic heterocycles. The molecule has 6 nitrogen and oxygen atoms in total. The van der Waals surface area contributed by atoms with Gasteiger partial charge in [0.1, 0.15) is 27.8 Å². The Bertz CT molecular complexity index is 1250. The second-order valence-corrected chi connectivity index (χ2v) is 8.01. The smallest absolute Gasteiger partial charge is 0.339 e. The molecule has 10 heteroatoms. The van der Waals surface area contributed by atoms with Gasteiger partial charge in [0.15, 0.2) is 5.16 Å². The molecule has 0 spiro atoms. The van der Waals surface area contributed by atoms with Gasteiger partial charge in [0.05, 0.1) is 21.1 Å². The van der Waals surface area contributed by atoms with E-state index in [1.54, 1.807) is 42.5 Å². The van der Waals surface area contributed by atoms with Crippen LogP contribution in [0.15, 0.2) is 59.8 Å². The molecule has 1 heterocycles. The molecule has 0 aliphatic carbocycles. The van der Waals surface area contributed by atoms with Gasteiger partial charge in [-0.3, -0.25) is 0 Å². The lowest BCUT2D eigenvalue weighted by Gasteiger charge is -2.09. The number of aromatic carboxylic acids is 1. The number of rotatable bonds is 4. The van der Waals surface area contributed by atoms with E-state index in [1.165, 1.54) is 23.9 Å². The summed E-state index contributed by atoms with van der Waals surface area (Å²) < 4.78 is 5.76. The van der Waals surface area contributed by atoms with Crippen molar-refractivity contribution < 1.29 is 19.7 Å². The fraction of sp³-hybridized carbons (Fsp3) is 0.0476. The summed E-state index contributed by atoms with van der Waals surface area (Å²) in [5, 5.41) is 19.4. The number of ether oxygens (including phenoxy) is 1. The number of thioether (sulfide) groups is 1. The number of carboxylic acid groups (broad SMARTS) is 1. The lowest BCUT2D eigenvalue weighted by molar-refractivity contribution is 0.0693. The molecule has 4 rings (SSSR count). The van der Waals surface area contributed by atoms with Crippen molar-refractivity contribution in [2.24, 2.45) is 0 Å². The number of carboxylic acids is 1. The lowest BCUT2D eigenvalue weighted by atomic mass is 10.2. The Balaban J connectivity index is 0.000000229. The lowest BCUT2D eigenvalue weighted by Crippen LogP contribution is -1.95. The first kappa shape index (κ1) is 23.1. The maximum absolute atomic E-state index is 10.3. The molecule has 0 unspecified atom stereocenters. The zero-order valence-corrected chi connectivity index (χ0v) is 19.0. The summed E-state index contributed by atoms with van der Waals surface area (Å²) in [5.74, 6) is -0.383. The fourth-order valence-corrected chi connectivity index (χ4v) is 3.43. The highest BCUT2D eigenvalue weighted by atomic mass is 35.5. The molecule has 3 aromatic carbocycles. The summed E-state index contributed by atoms with van der Waals surface area (Å²) in [5.41, 5.74) is 1.56. The van der Waals surface area contributed by atoms with Gasteiger partial charge in [0, 0.05) is 6.07 Å². The Morgan fingerprint density at radius 1 is 1.03 bits per heavy atom. The number of H-pyrrole nitrogens is 1. The van der Waals surface area contributed by atoms with Crippen LogP contribution in [0.4, 0.5) is 0 Å². The van der Waals surface area contributed by atoms with E-state index in [2.05, 4.69) is 9.97 Å². The van der Waals surface area contributed by atoms with Gasteiger partial charge in [-0.25, -0.2) is 9.78 Å². The summed E-state index contributed by atoms with van der Waals surface area (Å²) >= 11 is 19.9. The number of fused-ring (bicyclic) bond motifs is 1. The first-order chi connectivity index (χ1) is 14.8. The van der Waals surface area contributed by atoms with Gasteiger partial charge in [0.2, 0.25) is 0 Å². The minimum Gasteiger partial charge on any atom is -0.507 e. The van der Waals surface area contributed by atoms with Crippen LogP contribution in [0.1, 0.15) is 10.4 Å². The van der Waals surface area contributed by atoms with Crippen molar-refractivity contribution in [2.45, 2.75) is 5.16 Å². The van der Waals surface area contributed by atoms with Crippen molar-refractivity contribution in [3.05, 3.63) is 75.2 Å². The first-order valence-corrected chi connectivity index (χ1v) is 11.0. The normalized spacial score (nSPS) is 10.5. The van der Waals surface area contributed by atoms with Gasteiger partial charge >= 0.3 is 5.97 Å². The third-order valence-electron chi connectivity index (χ3n) is 3.98. The molecule has 0 aliphatic heterocycles. The van der Waals surface area contributed by atoms with Gasteiger partial charge < -0.3 is 19.9 Å². The number of aromatic amines is 1. The number of nitrogens with one attached hydrogen (secondary N) is 1. The van der Waals surface area contributed by atoms with Crippen LogP contribution < -0.4 is 4.74 Å². The summed E-state index contributed by atoms with van der Waals surface area (Å²) in [4.78, 5) is 17.8. The molecule has 4 aromatic rings. The number of benzene rings is 3. The molecular formula is C21H15Cl3N2O4S. The highest BCUT2D eigenvalue weighted by Crippen LogP contribution is 2.38. The van der Waals surface area contributed by atoms with E-state index in [9.17, 15) is 4.79 Å². The van der Waals surface area contributed by atoms with Gasteiger partial charge in [-0.2, -0.15) is 0 Å². The van der Waals surface area contributed by atoms with Crippen LogP contribution in [0.5, 0.6) is 17.2 Å². The maximum atomic E-state index is 10.3. The van der Waals surface area contributed by atoms with Crippen molar-refractivity contribution in [1.82, 2.24) is 9.97 Å². The molecule has 0 radical (unpaired) electrons. The number of imidazole rings is 1. The number of aromatic nitrogens is 2. The third kappa shape index (κ3) is 5.57. The van der Waals surface area contributed by atoms with Crippen molar-refractivity contribution >= 4 is 63.6 Å². The molecule has 0 saturated carbocycles. The van der Waals surface area contributed by atoms with Crippen LogP contribution in [-0.4, -0.2) is 32.4 Å². The Morgan fingerprint density at radius 3 is 2.42 bits per heavy atom. The predicted molar refractivity (Wildman–Crippen MR) is 124 cm³/mol. The summed E-state index contributed by atoms with van der Waals surface area (Å²) in [6.45, 7) is 0.